The first-order valence-corrected chi connectivity index (χ1v) is 12.0. The summed E-state index contributed by atoms with van der Waals surface area (Å²) in [6, 6.07) is 15.1. The molecule has 5 rings (SSSR count). The van der Waals surface area contributed by atoms with Gasteiger partial charge in [0.05, 0.1) is 17.9 Å². The normalized spacial score (nSPS) is 19.3. The van der Waals surface area contributed by atoms with Crippen molar-refractivity contribution in [2.24, 2.45) is 0 Å². The molecule has 2 aliphatic rings. The lowest BCUT2D eigenvalue weighted by Crippen LogP contribution is -2.62. The summed E-state index contributed by atoms with van der Waals surface area (Å²) in [7, 11) is 1.68. The molecule has 1 N–H and O–H groups in total. The number of anilines is 2. The molecule has 182 valence electrons. The van der Waals surface area contributed by atoms with Crippen LogP contribution in [0.5, 0.6) is 0 Å². The molecule has 1 unspecified atom stereocenters. The molecule has 0 radical (unpaired) electrons. The van der Waals surface area contributed by atoms with Crippen LogP contribution in [0.25, 0.3) is 10.9 Å². The fourth-order valence-corrected chi connectivity index (χ4v) is 5.33. The van der Waals surface area contributed by atoms with E-state index in [0.717, 1.165) is 23.1 Å². The second kappa shape index (κ2) is 9.19. The maximum Gasteiger partial charge on any atom is 0.257 e. The molecule has 2 aliphatic heterocycles. The van der Waals surface area contributed by atoms with Crippen molar-refractivity contribution in [3.05, 3.63) is 60.3 Å². The summed E-state index contributed by atoms with van der Waals surface area (Å²) in [6.45, 7) is 3.76. The third kappa shape index (κ3) is 4.08. The lowest BCUT2D eigenvalue weighted by molar-refractivity contribution is -0.118. The predicted octanol–water partition coefficient (Wildman–Crippen LogP) is 4.01. The summed E-state index contributed by atoms with van der Waals surface area (Å²) < 4.78 is 7.28. The van der Waals surface area contributed by atoms with E-state index in [1.54, 1.807) is 23.0 Å². The van der Waals surface area contributed by atoms with Crippen molar-refractivity contribution in [2.45, 2.75) is 44.8 Å². The van der Waals surface area contributed by atoms with Crippen molar-refractivity contribution in [1.29, 1.82) is 0 Å². The van der Waals surface area contributed by atoms with Gasteiger partial charge in [0, 0.05) is 55.8 Å². The van der Waals surface area contributed by atoms with Crippen LogP contribution in [-0.2, 0) is 20.9 Å². The number of aromatic nitrogens is 1. The molecular formula is C27H30N4O4. The Bertz CT molecular complexity index is 1300. The number of ether oxygens (including phenoxy) is 1. The van der Waals surface area contributed by atoms with Crippen molar-refractivity contribution in [3.8, 4) is 0 Å². The third-order valence-corrected chi connectivity index (χ3v) is 7.12. The molecule has 1 aromatic heterocycles. The Labute approximate surface area is 204 Å². The van der Waals surface area contributed by atoms with E-state index in [1.165, 1.54) is 0 Å². The highest BCUT2D eigenvalue weighted by molar-refractivity contribution is 6.10. The molecule has 1 saturated heterocycles. The second-order valence-electron chi connectivity index (χ2n) is 9.35. The van der Waals surface area contributed by atoms with Gasteiger partial charge in [0.2, 0.25) is 11.8 Å². The van der Waals surface area contributed by atoms with Gasteiger partial charge in [-0.15, -0.1) is 0 Å². The first-order valence-electron chi connectivity index (χ1n) is 12.0. The summed E-state index contributed by atoms with van der Waals surface area (Å²) in [5.41, 5.74) is 2.36. The van der Waals surface area contributed by atoms with E-state index < -0.39 is 5.66 Å². The molecular weight excluding hydrogens is 444 g/mol. The molecule has 2 aromatic carbocycles. The molecule has 1 fully saturated rings. The zero-order valence-electron chi connectivity index (χ0n) is 20.1. The molecule has 3 aromatic rings. The molecule has 8 nitrogen and oxygen atoms in total. The van der Waals surface area contributed by atoms with Crippen molar-refractivity contribution in [1.82, 2.24) is 9.47 Å². The highest BCUT2D eigenvalue weighted by atomic mass is 16.5. The Morgan fingerprint density at radius 2 is 1.94 bits per heavy atom. The molecule has 3 amide bonds. The van der Waals surface area contributed by atoms with Crippen LogP contribution in [0.4, 0.5) is 11.4 Å². The minimum Gasteiger partial charge on any atom is -0.383 e. The van der Waals surface area contributed by atoms with E-state index in [2.05, 4.69) is 9.88 Å². The first kappa shape index (κ1) is 23.1. The maximum atomic E-state index is 13.3. The Morgan fingerprint density at radius 3 is 2.77 bits per heavy atom. The van der Waals surface area contributed by atoms with Crippen LogP contribution in [0, 0.1) is 0 Å². The number of methoxy groups -OCH3 is 1. The topological polar surface area (TPSA) is 83.9 Å². The minimum absolute atomic E-state index is 0.0293. The van der Waals surface area contributed by atoms with Crippen molar-refractivity contribution in [2.75, 3.05) is 30.5 Å². The maximum absolute atomic E-state index is 13.3. The van der Waals surface area contributed by atoms with Crippen LogP contribution in [0.15, 0.2) is 54.7 Å². The fraction of sp³-hybridized carbons (Fsp3) is 0.370. The highest BCUT2D eigenvalue weighted by Gasteiger charge is 2.52. The number of carbonyl (C=O) groups excluding carboxylic acids is 3. The smallest absolute Gasteiger partial charge is 0.257 e. The van der Waals surface area contributed by atoms with Gasteiger partial charge in [-0.2, -0.15) is 0 Å². The fourth-order valence-electron chi connectivity index (χ4n) is 5.33. The van der Waals surface area contributed by atoms with Crippen molar-refractivity contribution < 1.29 is 19.1 Å². The summed E-state index contributed by atoms with van der Waals surface area (Å²) >= 11 is 0. The van der Waals surface area contributed by atoms with Gasteiger partial charge in [-0.25, -0.2) is 0 Å². The number of benzene rings is 2. The van der Waals surface area contributed by atoms with Crippen LogP contribution in [-0.4, -0.2) is 53.1 Å². The Morgan fingerprint density at radius 1 is 1.11 bits per heavy atom. The lowest BCUT2D eigenvalue weighted by Gasteiger charge is -2.48. The quantitative estimate of drug-likeness (QED) is 0.535. The molecule has 35 heavy (non-hydrogen) atoms. The van der Waals surface area contributed by atoms with Gasteiger partial charge in [-0.1, -0.05) is 12.1 Å². The molecule has 0 spiro atoms. The van der Waals surface area contributed by atoms with Gasteiger partial charge in [0.1, 0.15) is 5.66 Å². The summed E-state index contributed by atoms with van der Waals surface area (Å²) in [4.78, 5) is 42.2. The van der Waals surface area contributed by atoms with Gasteiger partial charge in [0.15, 0.2) is 0 Å². The van der Waals surface area contributed by atoms with E-state index in [0.29, 0.717) is 43.7 Å². The number of fused-ring (bicyclic) bond motifs is 4. The summed E-state index contributed by atoms with van der Waals surface area (Å²) in [5, 5.41) is 4.02. The Hall–Kier alpha value is -3.65. The first-order chi connectivity index (χ1) is 16.9. The van der Waals surface area contributed by atoms with E-state index in [4.69, 9.17) is 4.74 Å². The van der Waals surface area contributed by atoms with Gasteiger partial charge < -0.3 is 19.5 Å². The average molecular weight is 475 g/mol. The highest BCUT2D eigenvalue weighted by Crippen LogP contribution is 2.44. The summed E-state index contributed by atoms with van der Waals surface area (Å²) in [6.07, 6.45) is 3.79. The minimum atomic E-state index is -0.694. The van der Waals surface area contributed by atoms with Crippen LogP contribution in [0.2, 0.25) is 0 Å². The van der Waals surface area contributed by atoms with Crippen LogP contribution in [0.1, 0.15) is 43.0 Å². The van der Waals surface area contributed by atoms with Crippen LogP contribution in [0.3, 0.4) is 0 Å². The van der Waals surface area contributed by atoms with Gasteiger partial charge in [-0.3, -0.25) is 19.3 Å². The Kier molecular flexibility index (Phi) is 6.06. The zero-order chi connectivity index (χ0) is 24.6. The summed E-state index contributed by atoms with van der Waals surface area (Å²) in [5.74, 6) is -0.155. The number of hydrogen-bond acceptors (Lipinski definition) is 4. The molecule has 3 heterocycles. The largest absolute Gasteiger partial charge is 0.383 e. The predicted molar refractivity (Wildman–Crippen MR) is 134 cm³/mol. The zero-order valence-corrected chi connectivity index (χ0v) is 20.1. The number of nitrogens with zero attached hydrogens (tertiary/aromatic N) is 3. The molecule has 1 atom stereocenters. The lowest BCUT2D eigenvalue weighted by atomic mass is 9.98. The van der Waals surface area contributed by atoms with Gasteiger partial charge >= 0.3 is 0 Å². The van der Waals surface area contributed by atoms with E-state index in [9.17, 15) is 14.4 Å². The second-order valence-corrected chi connectivity index (χ2v) is 9.35. The van der Waals surface area contributed by atoms with Crippen LogP contribution < -0.4 is 10.2 Å². The van der Waals surface area contributed by atoms with E-state index in [1.807, 2.05) is 55.6 Å². The van der Waals surface area contributed by atoms with E-state index >= 15 is 0 Å². The third-order valence-electron chi connectivity index (χ3n) is 7.12. The van der Waals surface area contributed by atoms with Crippen molar-refractivity contribution >= 4 is 40.0 Å². The molecule has 8 heteroatoms. The average Bonchev–Trinajstić information content (AvgIpc) is 3.39. The number of rotatable bonds is 8. The number of nitrogens with one attached hydrogen (secondary N) is 1. The number of hydrogen-bond donors (Lipinski definition) is 1. The number of carbonyl (C=O) groups is 3. The monoisotopic (exact) mass is 474 g/mol. The number of amides is 3. The van der Waals surface area contributed by atoms with Crippen molar-refractivity contribution in [3.63, 3.8) is 0 Å². The SMILES string of the molecule is COCCn1ccc2cc(NC(=O)CCCN3C(=O)c4ccccc4N4C(=O)CCC34C)ccc21. The van der Waals surface area contributed by atoms with Gasteiger partial charge in [0.25, 0.3) is 5.91 Å². The molecule has 0 aliphatic carbocycles. The number of para-hydroxylation sites is 1. The van der Waals surface area contributed by atoms with Crippen LogP contribution >= 0.6 is 0 Å². The Balaban J connectivity index is 1.23. The van der Waals surface area contributed by atoms with Gasteiger partial charge in [-0.05, 0) is 56.2 Å². The molecule has 0 bridgehead atoms. The van der Waals surface area contributed by atoms with E-state index in [-0.39, 0.29) is 24.1 Å². The molecule has 0 saturated carbocycles. The standard InChI is InChI=1S/C27H30N4O4/c1-27-13-11-25(33)31(27)23-7-4-3-6-21(23)26(34)30(27)14-5-8-24(32)28-20-9-10-22-19(18-20)12-15-29(22)16-17-35-2/h3-4,6-7,9-10,12,15,18H,5,8,11,13-14,16-17H2,1-2H3,(H,28,32).